The third-order valence-corrected chi connectivity index (χ3v) is 5.30. The van der Waals surface area contributed by atoms with E-state index in [1.165, 1.54) is 11.8 Å². The summed E-state index contributed by atoms with van der Waals surface area (Å²) < 4.78 is 5.82. The Bertz CT molecular complexity index is 884. The van der Waals surface area contributed by atoms with Crippen molar-refractivity contribution in [2.45, 2.75) is 31.9 Å². The molecule has 1 unspecified atom stereocenters. The van der Waals surface area contributed by atoms with Crippen LogP contribution in [0.25, 0.3) is 0 Å². The Kier molecular flexibility index (Phi) is 7.30. The van der Waals surface area contributed by atoms with Gasteiger partial charge >= 0.3 is 0 Å². The molecule has 1 atom stereocenters. The maximum absolute atomic E-state index is 12.2. The van der Waals surface area contributed by atoms with Crippen LogP contribution in [0.5, 0.6) is 11.5 Å². The van der Waals surface area contributed by atoms with Gasteiger partial charge in [-0.15, -0.1) is 0 Å². The fourth-order valence-electron chi connectivity index (χ4n) is 2.69. The molecular weight excluding hydrogens is 386 g/mol. The minimum atomic E-state index is -0.462. The summed E-state index contributed by atoms with van der Waals surface area (Å²) in [5.74, 6) is 1.62. The largest absolute Gasteiger partial charge is 0.457 e. The predicted molar refractivity (Wildman–Crippen MR) is 117 cm³/mol. The molecule has 29 heavy (non-hydrogen) atoms. The third kappa shape index (κ3) is 6.64. The summed E-state index contributed by atoms with van der Waals surface area (Å²) in [6, 6.07) is 16.8. The zero-order valence-electron chi connectivity index (χ0n) is 16.6. The van der Waals surface area contributed by atoms with E-state index in [2.05, 4.69) is 29.5 Å². The van der Waals surface area contributed by atoms with Gasteiger partial charge in [-0.3, -0.25) is 9.59 Å². The number of rotatable bonds is 8. The van der Waals surface area contributed by atoms with E-state index in [4.69, 9.17) is 4.74 Å². The Labute approximate surface area is 175 Å². The van der Waals surface area contributed by atoms with E-state index in [0.29, 0.717) is 29.1 Å². The second-order valence-corrected chi connectivity index (χ2v) is 8.35. The zero-order valence-corrected chi connectivity index (χ0v) is 17.4. The van der Waals surface area contributed by atoms with Crippen LogP contribution in [-0.4, -0.2) is 28.8 Å². The summed E-state index contributed by atoms with van der Waals surface area (Å²) in [7, 11) is 0. The molecule has 0 spiro atoms. The highest BCUT2D eigenvalue weighted by Gasteiger charge is 2.32. The average molecular weight is 412 g/mol. The summed E-state index contributed by atoms with van der Waals surface area (Å²) in [5, 5.41) is 5.65. The van der Waals surface area contributed by atoms with Gasteiger partial charge in [0.1, 0.15) is 16.7 Å². The highest BCUT2D eigenvalue weighted by molar-refractivity contribution is 8.15. The molecule has 0 radical (unpaired) electrons. The Morgan fingerprint density at radius 3 is 2.69 bits per heavy atom. The minimum Gasteiger partial charge on any atom is -0.457 e. The van der Waals surface area contributed by atoms with E-state index < -0.39 is 5.25 Å². The molecule has 1 fully saturated rings. The van der Waals surface area contributed by atoms with Crippen LogP contribution >= 0.6 is 11.8 Å². The number of ether oxygens (including phenoxy) is 1. The Morgan fingerprint density at radius 1 is 1.17 bits per heavy atom. The number of nitrogens with zero attached hydrogens (tertiary/aromatic N) is 1. The Balaban J connectivity index is 1.58. The lowest BCUT2D eigenvalue weighted by atomic mass is 10.1. The molecular formula is C22H25N3O3S. The standard InChI is InChI=1S/C22H25N3O3S/c1-15(2)11-12-23-20(26)14-19-21(27)25-22(29-19)24-16-7-6-10-18(13-16)28-17-8-4-3-5-9-17/h3-10,13,15,19H,11-12,14H2,1-2H3,(H,23,26)(H,24,25,27). The molecule has 2 N–H and O–H groups in total. The van der Waals surface area contributed by atoms with Gasteiger partial charge < -0.3 is 15.4 Å². The normalized spacial score (nSPS) is 17.4. The average Bonchev–Trinajstić information content (AvgIpc) is 3.01. The topological polar surface area (TPSA) is 79.8 Å². The van der Waals surface area contributed by atoms with Crippen molar-refractivity contribution in [2.24, 2.45) is 10.9 Å². The molecule has 1 saturated heterocycles. The van der Waals surface area contributed by atoms with Crippen molar-refractivity contribution < 1.29 is 14.3 Å². The number of hydrogen-bond donors (Lipinski definition) is 2. The molecule has 0 aliphatic carbocycles. The van der Waals surface area contributed by atoms with Crippen LogP contribution in [0.3, 0.4) is 0 Å². The first-order valence-electron chi connectivity index (χ1n) is 9.65. The lowest BCUT2D eigenvalue weighted by molar-refractivity contribution is -0.125. The van der Waals surface area contributed by atoms with Crippen LogP contribution in [0.4, 0.5) is 5.69 Å². The predicted octanol–water partition coefficient (Wildman–Crippen LogP) is 4.25. The van der Waals surface area contributed by atoms with Gasteiger partial charge in [0, 0.05) is 19.0 Å². The zero-order chi connectivity index (χ0) is 20.6. The van der Waals surface area contributed by atoms with Gasteiger partial charge in [-0.05, 0) is 36.6 Å². The Morgan fingerprint density at radius 2 is 1.93 bits per heavy atom. The molecule has 0 bridgehead atoms. The maximum Gasteiger partial charge on any atom is 0.240 e. The lowest BCUT2D eigenvalue weighted by Gasteiger charge is -2.08. The van der Waals surface area contributed by atoms with Gasteiger partial charge in [-0.25, -0.2) is 4.99 Å². The number of aliphatic imine (C=N–C) groups is 1. The van der Waals surface area contributed by atoms with Crippen LogP contribution in [-0.2, 0) is 9.59 Å². The van der Waals surface area contributed by atoms with E-state index in [0.717, 1.165) is 12.2 Å². The molecule has 7 heteroatoms. The minimum absolute atomic E-state index is 0.113. The fraction of sp³-hybridized carbons (Fsp3) is 0.318. The van der Waals surface area contributed by atoms with Crippen LogP contribution < -0.4 is 15.4 Å². The first-order chi connectivity index (χ1) is 14.0. The number of thioether (sulfide) groups is 1. The summed E-state index contributed by atoms with van der Waals surface area (Å²) in [6.07, 6.45) is 1.06. The van der Waals surface area contributed by atoms with Gasteiger partial charge in [0.05, 0.1) is 5.69 Å². The molecule has 3 rings (SSSR count). The molecule has 0 aromatic heterocycles. The third-order valence-electron chi connectivity index (χ3n) is 4.22. The number of nitrogens with one attached hydrogen (secondary N) is 2. The van der Waals surface area contributed by atoms with E-state index in [1.807, 2.05) is 48.5 Å². The van der Waals surface area contributed by atoms with Gasteiger partial charge in [0.15, 0.2) is 5.17 Å². The SMILES string of the molecule is CC(C)CCNC(=O)CC1SC(=Nc2cccc(Oc3ccccc3)c2)NC1=O. The van der Waals surface area contributed by atoms with Crippen molar-refractivity contribution in [2.75, 3.05) is 6.54 Å². The number of para-hydroxylation sites is 1. The van der Waals surface area contributed by atoms with Gasteiger partial charge in [0.2, 0.25) is 11.8 Å². The van der Waals surface area contributed by atoms with Gasteiger partial charge in [0.25, 0.3) is 0 Å². The lowest BCUT2D eigenvalue weighted by Crippen LogP contribution is -2.32. The first kappa shape index (κ1) is 20.9. The molecule has 152 valence electrons. The van der Waals surface area contributed by atoms with Crippen molar-refractivity contribution >= 4 is 34.4 Å². The highest BCUT2D eigenvalue weighted by atomic mass is 32.2. The molecule has 2 amide bonds. The second-order valence-electron chi connectivity index (χ2n) is 7.16. The van der Waals surface area contributed by atoms with Crippen LogP contribution in [0, 0.1) is 5.92 Å². The number of amides is 2. The van der Waals surface area contributed by atoms with Crippen molar-refractivity contribution in [3.63, 3.8) is 0 Å². The molecule has 1 aliphatic rings. The highest BCUT2D eigenvalue weighted by Crippen LogP contribution is 2.28. The first-order valence-corrected chi connectivity index (χ1v) is 10.5. The van der Waals surface area contributed by atoms with Crippen LogP contribution in [0.1, 0.15) is 26.7 Å². The van der Waals surface area contributed by atoms with Crippen molar-refractivity contribution in [1.29, 1.82) is 0 Å². The summed E-state index contributed by atoms with van der Waals surface area (Å²) in [6.45, 7) is 4.84. The monoisotopic (exact) mass is 411 g/mol. The molecule has 6 nitrogen and oxygen atoms in total. The van der Waals surface area contributed by atoms with Crippen molar-refractivity contribution in [3.8, 4) is 11.5 Å². The summed E-state index contributed by atoms with van der Waals surface area (Å²) in [5.41, 5.74) is 0.670. The number of carbonyl (C=O) groups is 2. The fourth-order valence-corrected chi connectivity index (χ4v) is 3.68. The molecule has 1 heterocycles. The van der Waals surface area contributed by atoms with Crippen molar-refractivity contribution in [3.05, 3.63) is 54.6 Å². The summed E-state index contributed by atoms with van der Waals surface area (Å²) >= 11 is 1.28. The van der Waals surface area contributed by atoms with E-state index in [9.17, 15) is 9.59 Å². The van der Waals surface area contributed by atoms with Gasteiger partial charge in [-0.2, -0.15) is 0 Å². The number of hydrogen-bond acceptors (Lipinski definition) is 5. The van der Waals surface area contributed by atoms with E-state index in [1.54, 1.807) is 6.07 Å². The second kappa shape index (κ2) is 10.1. The van der Waals surface area contributed by atoms with Crippen LogP contribution in [0.2, 0.25) is 0 Å². The number of carbonyl (C=O) groups excluding carboxylic acids is 2. The Hall–Kier alpha value is -2.80. The van der Waals surface area contributed by atoms with Gasteiger partial charge in [-0.1, -0.05) is 49.9 Å². The van der Waals surface area contributed by atoms with E-state index in [-0.39, 0.29) is 18.2 Å². The molecule has 1 aliphatic heterocycles. The summed E-state index contributed by atoms with van der Waals surface area (Å²) in [4.78, 5) is 28.7. The number of amidine groups is 1. The quantitative estimate of drug-likeness (QED) is 0.681. The maximum atomic E-state index is 12.2. The molecule has 2 aromatic rings. The van der Waals surface area contributed by atoms with E-state index >= 15 is 0 Å². The molecule has 0 saturated carbocycles. The van der Waals surface area contributed by atoms with Crippen molar-refractivity contribution in [1.82, 2.24) is 10.6 Å². The number of benzene rings is 2. The van der Waals surface area contributed by atoms with Crippen LogP contribution in [0.15, 0.2) is 59.6 Å². The smallest absolute Gasteiger partial charge is 0.240 e. The molecule has 2 aromatic carbocycles.